The lowest BCUT2D eigenvalue weighted by Gasteiger charge is -2.37. The van der Waals surface area contributed by atoms with Crippen molar-refractivity contribution >= 4 is 11.6 Å². The Bertz CT molecular complexity index is 644. The normalized spacial score (nSPS) is 17.6. The number of carbonyl (C=O) groups is 1. The van der Waals surface area contributed by atoms with Crippen LogP contribution in [0.15, 0.2) is 47.1 Å². The summed E-state index contributed by atoms with van der Waals surface area (Å²) in [5.74, 6) is 1.05. The summed E-state index contributed by atoms with van der Waals surface area (Å²) in [6, 6.07) is 11.7. The Hall–Kier alpha value is -2.11. The quantitative estimate of drug-likeness (QED) is 0.917. The Labute approximate surface area is 143 Å². The number of furan rings is 1. The van der Waals surface area contributed by atoms with Gasteiger partial charge in [-0.05, 0) is 38.1 Å². The highest BCUT2D eigenvalue weighted by Gasteiger charge is 2.25. The Balaban J connectivity index is 1.48. The third-order valence-corrected chi connectivity index (χ3v) is 4.61. The molecule has 0 saturated carbocycles. The molecular weight excluding hydrogens is 302 g/mol. The van der Waals surface area contributed by atoms with Crippen LogP contribution in [0.1, 0.15) is 18.2 Å². The number of nitrogens with one attached hydrogen (secondary N) is 1. The topological polar surface area (TPSA) is 48.7 Å². The van der Waals surface area contributed by atoms with Crippen molar-refractivity contribution in [3.8, 4) is 0 Å². The van der Waals surface area contributed by atoms with E-state index in [4.69, 9.17) is 4.42 Å². The van der Waals surface area contributed by atoms with Crippen molar-refractivity contribution < 1.29 is 9.21 Å². The van der Waals surface area contributed by atoms with Crippen molar-refractivity contribution in [2.75, 3.05) is 31.5 Å². The molecule has 2 aromatic rings. The van der Waals surface area contributed by atoms with Gasteiger partial charge in [-0.2, -0.15) is 0 Å². The lowest BCUT2D eigenvalue weighted by molar-refractivity contribution is -0.121. The molecule has 1 atom stereocenters. The van der Waals surface area contributed by atoms with Gasteiger partial charge in [-0.25, -0.2) is 0 Å². The SMILES string of the molecule is Cc1ccc(NC(=O)[C@@H](C)N2CCN(Cc3ccco3)CC2)cc1. The summed E-state index contributed by atoms with van der Waals surface area (Å²) in [6.45, 7) is 8.53. The molecule has 1 fully saturated rings. The van der Waals surface area contributed by atoms with Crippen molar-refractivity contribution in [1.29, 1.82) is 0 Å². The van der Waals surface area contributed by atoms with E-state index in [9.17, 15) is 4.79 Å². The van der Waals surface area contributed by atoms with Crippen molar-refractivity contribution in [1.82, 2.24) is 9.80 Å². The highest BCUT2D eigenvalue weighted by Crippen LogP contribution is 2.13. The van der Waals surface area contributed by atoms with Gasteiger partial charge >= 0.3 is 0 Å². The molecule has 128 valence electrons. The third-order valence-electron chi connectivity index (χ3n) is 4.61. The molecule has 1 amide bonds. The van der Waals surface area contributed by atoms with Crippen LogP contribution in [0.3, 0.4) is 0 Å². The highest BCUT2D eigenvalue weighted by molar-refractivity contribution is 5.94. The number of amides is 1. The van der Waals surface area contributed by atoms with Crippen LogP contribution in [0.5, 0.6) is 0 Å². The van der Waals surface area contributed by atoms with Gasteiger partial charge in [-0.3, -0.25) is 14.6 Å². The van der Waals surface area contributed by atoms with Crippen molar-refractivity contribution in [2.45, 2.75) is 26.4 Å². The van der Waals surface area contributed by atoms with E-state index in [1.807, 2.05) is 50.2 Å². The first-order valence-electron chi connectivity index (χ1n) is 8.48. The molecule has 0 radical (unpaired) electrons. The van der Waals surface area contributed by atoms with Crippen LogP contribution in [0, 0.1) is 6.92 Å². The van der Waals surface area contributed by atoms with Gasteiger partial charge in [0.1, 0.15) is 5.76 Å². The molecule has 0 spiro atoms. The summed E-state index contributed by atoms with van der Waals surface area (Å²) < 4.78 is 5.40. The number of aryl methyl sites for hydroxylation is 1. The molecule has 1 saturated heterocycles. The number of rotatable bonds is 5. The summed E-state index contributed by atoms with van der Waals surface area (Å²) in [5, 5.41) is 3.00. The van der Waals surface area contributed by atoms with Gasteiger partial charge < -0.3 is 9.73 Å². The first kappa shape index (κ1) is 16.7. The number of hydrogen-bond donors (Lipinski definition) is 1. The zero-order chi connectivity index (χ0) is 16.9. The van der Waals surface area contributed by atoms with Crippen molar-refractivity contribution in [3.63, 3.8) is 0 Å². The Morgan fingerprint density at radius 3 is 2.50 bits per heavy atom. The number of anilines is 1. The first-order chi connectivity index (χ1) is 11.6. The Morgan fingerprint density at radius 2 is 1.88 bits per heavy atom. The summed E-state index contributed by atoms with van der Waals surface area (Å²) >= 11 is 0. The number of piperazine rings is 1. The first-order valence-corrected chi connectivity index (χ1v) is 8.48. The molecule has 0 unspecified atom stereocenters. The smallest absolute Gasteiger partial charge is 0.241 e. The van der Waals surface area contributed by atoms with Gasteiger partial charge in [0.15, 0.2) is 0 Å². The molecule has 2 heterocycles. The summed E-state index contributed by atoms with van der Waals surface area (Å²) in [7, 11) is 0. The summed E-state index contributed by atoms with van der Waals surface area (Å²) in [5.41, 5.74) is 2.04. The van der Waals surface area contributed by atoms with E-state index in [0.717, 1.165) is 44.2 Å². The maximum absolute atomic E-state index is 12.5. The van der Waals surface area contributed by atoms with Gasteiger partial charge in [-0.1, -0.05) is 17.7 Å². The minimum Gasteiger partial charge on any atom is -0.468 e. The van der Waals surface area contributed by atoms with Crippen molar-refractivity contribution in [3.05, 3.63) is 54.0 Å². The molecule has 24 heavy (non-hydrogen) atoms. The Morgan fingerprint density at radius 1 is 1.17 bits per heavy atom. The van der Waals surface area contributed by atoms with Gasteiger partial charge in [0.25, 0.3) is 0 Å². The van der Waals surface area contributed by atoms with E-state index in [-0.39, 0.29) is 11.9 Å². The molecule has 1 aliphatic heterocycles. The molecular formula is C19H25N3O2. The second-order valence-corrected chi connectivity index (χ2v) is 6.42. The summed E-state index contributed by atoms with van der Waals surface area (Å²) in [6.07, 6.45) is 1.71. The van der Waals surface area contributed by atoms with Crippen molar-refractivity contribution in [2.24, 2.45) is 0 Å². The highest BCUT2D eigenvalue weighted by atomic mass is 16.3. The fraction of sp³-hybridized carbons (Fsp3) is 0.421. The maximum Gasteiger partial charge on any atom is 0.241 e. The predicted octanol–water partition coefficient (Wildman–Crippen LogP) is 2.73. The van der Waals surface area contributed by atoms with Gasteiger partial charge in [-0.15, -0.1) is 0 Å². The average molecular weight is 327 g/mol. The molecule has 5 nitrogen and oxygen atoms in total. The molecule has 1 aromatic heterocycles. The molecule has 0 bridgehead atoms. The van der Waals surface area contributed by atoms with Gasteiger partial charge in [0.2, 0.25) is 5.91 Å². The van der Waals surface area contributed by atoms with Crippen LogP contribution in [0.4, 0.5) is 5.69 Å². The molecule has 3 rings (SSSR count). The molecule has 1 aliphatic rings. The Kier molecular flexibility index (Phi) is 5.33. The zero-order valence-electron chi connectivity index (χ0n) is 14.4. The van der Waals surface area contributed by atoms with E-state index < -0.39 is 0 Å². The lowest BCUT2D eigenvalue weighted by Crippen LogP contribution is -2.52. The monoisotopic (exact) mass is 327 g/mol. The second-order valence-electron chi connectivity index (χ2n) is 6.42. The van der Waals surface area contributed by atoms with Crippen LogP contribution < -0.4 is 5.32 Å². The van der Waals surface area contributed by atoms with Crippen LogP contribution >= 0.6 is 0 Å². The van der Waals surface area contributed by atoms with E-state index >= 15 is 0 Å². The lowest BCUT2D eigenvalue weighted by atomic mass is 10.2. The second kappa shape index (κ2) is 7.64. The van der Waals surface area contributed by atoms with Gasteiger partial charge in [0, 0.05) is 31.9 Å². The molecule has 1 aromatic carbocycles. The van der Waals surface area contributed by atoms with E-state index in [1.165, 1.54) is 5.56 Å². The number of nitrogens with zero attached hydrogens (tertiary/aromatic N) is 2. The van der Waals surface area contributed by atoms with E-state index in [1.54, 1.807) is 6.26 Å². The fourth-order valence-electron chi connectivity index (χ4n) is 2.98. The van der Waals surface area contributed by atoms with Crippen LogP contribution in [0.2, 0.25) is 0 Å². The van der Waals surface area contributed by atoms with E-state index in [2.05, 4.69) is 15.1 Å². The largest absolute Gasteiger partial charge is 0.468 e. The molecule has 1 N–H and O–H groups in total. The number of carbonyl (C=O) groups excluding carboxylic acids is 1. The zero-order valence-corrected chi connectivity index (χ0v) is 14.4. The van der Waals surface area contributed by atoms with Crippen LogP contribution in [0.25, 0.3) is 0 Å². The summed E-state index contributed by atoms with van der Waals surface area (Å²) in [4.78, 5) is 17.1. The number of hydrogen-bond acceptors (Lipinski definition) is 4. The maximum atomic E-state index is 12.5. The average Bonchev–Trinajstić information content (AvgIpc) is 3.10. The molecule has 0 aliphatic carbocycles. The molecule has 5 heteroatoms. The standard InChI is InChI=1S/C19H25N3O2/c1-15-5-7-17(8-6-15)20-19(23)16(2)22-11-9-21(10-12-22)14-18-4-3-13-24-18/h3-8,13,16H,9-12,14H2,1-2H3,(H,20,23)/t16-/m1/s1. The fourth-order valence-corrected chi connectivity index (χ4v) is 2.98. The minimum absolute atomic E-state index is 0.0540. The minimum atomic E-state index is -0.128. The van der Waals surface area contributed by atoms with Crippen LogP contribution in [-0.2, 0) is 11.3 Å². The van der Waals surface area contributed by atoms with E-state index in [0.29, 0.717) is 0 Å². The number of benzene rings is 1. The van der Waals surface area contributed by atoms with Gasteiger partial charge in [0.05, 0.1) is 18.8 Å². The predicted molar refractivity (Wildman–Crippen MR) is 94.8 cm³/mol. The third kappa shape index (κ3) is 4.24. The van der Waals surface area contributed by atoms with Crippen LogP contribution in [-0.4, -0.2) is 47.9 Å².